The molecule has 4 nitrogen and oxygen atoms in total. The summed E-state index contributed by atoms with van der Waals surface area (Å²) in [5, 5.41) is 2.93. The molecule has 0 aromatic rings. The van der Waals surface area contributed by atoms with Crippen molar-refractivity contribution in [2.75, 3.05) is 25.7 Å². The molecule has 0 heterocycles. The zero-order chi connectivity index (χ0) is 11.7. The number of ether oxygens (including phenoxy) is 1. The van der Waals surface area contributed by atoms with E-state index in [1.165, 1.54) is 0 Å². The van der Waals surface area contributed by atoms with E-state index in [4.69, 9.17) is 10.5 Å². The third-order valence-electron chi connectivity index (χ3n) is 2.17. The number of carbonyl (C=O) groups is 1. The van der Waals surface area contributed by atoms with E-state index in [1.807, 2.05) is 6.92 Å². The molecule has 0 saturated carbocycles. The largest absolute Gasteiger partial charge is 0.380 e. The highest BCUT2D eigenvalue weighted by molar-refractivity contribution is 7.98. The topological polar surface area (TPSA) is 64.3 Å². The predicted octanol–water partition coefficient (Wildman–Crippen LogP) is 0.608. The van der Waals surface area contributed by atoms with E-state index in [0.717, 1.165) is 12.2 Å². The zero-order valence-corrected chi connectivity index (χ0v) is 10.6. The first-order chi connectivity index (χ1) is 7.13. The zero-order valence-electron chi connectivity index (χ0n) is 9.79. The highest BCUT2D eigenvalue weighted by atomic mass is 32.2. The van der Waals surface area contributed by atoms with Gasteiger partial charge in [-0.05, 0) is 25.4 Å². The molecule has 5 heteroatoms. The Labute approximate surface area is 96.3 Å². The lowest BCUT2D eigenvalue weighted by atomic mass is 10.2. The van der Waals surface area contributed by atoms with Crippen molar-refractivity contribution in [3.63, 3.8) is 0 Å². The van der Waals surface area contributed by atoms with Crippen molar-refractivity contribution in [2.24, 2.45) is 5.73 Å². The Morgan fingerprint density at radius 3 is 2.73 bits per heavy atom. The highest BCUT2D eigenvalue weighted by Crippen LogP contribution is 2.01. The summed E-state index contributed by atoms with van der Waals surface area (Å²) in [6.45, 7) is 2.39. The molecular weight excluding hydrogens is 212 g/mol. The van der Waals surface area contributed by atoms with Gasteiger partial charge in [-0.3, -0.25) is 4.79 Å². The fourth-order valence-corrected chi connectivity index (χ4v) is 1.76. The van der Waals surface area contributed by atoms with Gasteiger partial charge in [0.05, 0.1) is 12.5 Å². The Bertz CT molecular complexity index is 175. The van der Waals surface area contributed by atoms with Gasteiger partial charge in [-0.15, -0.1) is 0 Å². The van der Waals surface area contributed by atoms with Gasteiger partial charge in [-0.1, -0.05) is 0 Å². The Hall–Kier alpha value is -0.260. The molecule has 0 fully saturated rings. The maximum Gasteiger partial charge on any atom is 0.222 e. The third kappa shape index (κ3) is 7.64. The summed E-state index contributed by atoms with van der Waals surface area (Å²) >= 11 is 1.78. The second kappa shape index (κ2) is 9.00. The van der Waals surface area contributed by atoms with Crippen LogP contribution in [0.25, 0.3) is 0 Å². The number of thioether (sulfide) groups is 1. The molecule has 2 unspecified atom stereocenters. The number of hydrogen-bond acceptors (Lipinski definition) is 4. The van der Waals surface area contributed by atoms with Gasteiger partial charge in [0, 0.05) is 19.7 Å². The minimum Gasteiger partial charge on any atom is -0.380 e. The maximum atomic E-state index is 11.5. The van der Waals surface area contributed by atoms with Crippen molar-refractivity contribution in [3.05, 3.63) is 0 Å². The molecule has 2 atom stereocenters. The fraction of sp³-hybridized carbons (Fsp3) is 0.900. The van der Waals surface area contributed by atoms with Gasteiger partial charge >= 0.3 is 0 Å². The van der Waals surface area contributed by atoms with Crippen LogP contribution in [0.4, 0.5) is 0 Å². The quantitative estimate of drug-likeness (QED) is 0.646. The molecule has 15 heavy (non-hydrogen) atoms. The number of carbonyl (C=O) groups excluding carboxylic acids is 1. The van der Waals surface area contributed by atoms with Crippen LogP contribution in [0.5, 0.6) is 0 Å². The normalized spacial score (nSPS) is 14.7. The fourth-order valence-electron chi connectivity index (χ4n) is 1.17. The van der Waals surface area contributed by atoms with Crippen LogP contribution in [-0.2, 0) is 9.53 Å². The summed E-state index contributed by atoms with van der Waals surface area (Å²) in [5.74, 6) is 1.08. The smallest absolute Gasteiger partial charge is 0.222 e. The van der Waals surface area contributed by atoms with E-state index in [-0.39, 0.29) is 18.1 Å². The summed E-state index contributed by atoms with van der Waals surface area (Å²) in [4.78, 5) is 11.5. The van der Waals surface area contributed by atoms with Crippen LogP contribution < -0.4 is 11.1 Å². The van der Waals surface area contributed by atoms with Crippen LogP contribution in [0.1, 0.15) is 19.8 Å². The van der Waals surface area contributed by atoms with E-state index in [0.29, 0.717) is 13.0 Å². The van der Waals surface area contributed by atoms with Gasteiger partial charge in [-0.25, -0.2) is 0 Å². The van der Waals surface area contributed by atoms with Gasteiger partial charge in [0.1, 0.15) is 0 Å². The number of nitrogens with one attached hydrogen (secondary N) is 1. The lowest BCUT2D eigenvalue weighted by Gasteiger charge is -2.16. The van der Waals surface area contributed by atoms with E-state index in [9.17, 15) is 4.79 Å². The first-order valence-corrected chi connectivity index (χ1v) is 6.54. The Morgan fingerprint density at radius 1 is 1.60 bits per heavy atom. The molecule has 0 aliphatic heterocycles. The first-order valence-electron chi connectivity index (χ1n) is 5.15. The Morgan fingerprint density at radius 2 is 2.27 bits per heavy atom. The van der Waals surface area contributed by atoms with E-state index in [1.54, 1.807) is 18.9 Å². The van der Waals surface area contributed by atoms with Crippen molar-refractivity contribution in [3.8, 4) is 0 Å². The van der Waals surface area contributed by atoms with Crippen LogP contribution in [0.15, 0.2) is 0 Å². The molecule has 0 bridgehead atoms. The molecule has 1 amide bonds. The number of hydrogen-bond donors (Lipinski definition) is 2. The van der Waals surface area contributed by atoms with Crippen molar-refractivity contribution in [2.45, 2.75) is 31.9 Å². The maximum absolute atomic E-state index is 11.5. The summed E-state index contributed by atoms with van der Waals surface area (Å²) < 4.78 is 5.04. The number of methoxy groups -OCH3 is 1. The SMILES string of the molecule is COC(CN)CC(=O)NC(C)CCSC. The first kappa shape index (κ1) is 14.7. The molecule has 0 saturated heterocycles. The molecule has 90 valence electrons. The minimum atomic E-state index is -0.169. The Balaban J connectivity index is 3.71. The van der Waals surface area contributed by atoms with E-state index < -0.39 is 0 Å². The average Bonchev–Trinajstić information content (AvgIpc) is 2.22. The van der Waals surface area contributed by atoms with Crippen LogP contribution >= 0.6 is 11.8 Å². The van der Waals surface area contributed by atoms with Crippen LogP contribution in [0.3, 0.4) is 0 Å². The summed E-state index contributed by atoms with van der Waals surface area (Å²) in [7, 11) is 1.57. The van der Waals surface area contributed by atoms with Gasteiger partial charge in [-0.2, -0.15) is 11.8 Å². The van der Waals surface area contributed by atoms with Gasteiger partial charge in [0.25, 0.3) is 0 Å². The van der Waals surface area contributed by atoms with Crippen molar-refractivity contribution in [1.82, 2.24) is 5.32 Å². The molecule has 0 aliphatic rings. The summed E-state index contributed by atoms with van der Waals surface area (Å²) in [5.41, 5.74) is 5.43. The van der Waals surface area contributed by atoms with Crippen LogP contribution in [0, 0.1) is 0 Å². The second-order valence-corrected chi connectivity index (χ2v) is 4.53. The number of amides is 1. The van der Waals surface area contributed by atoms with Crippen molar-refractivity contribution >= 4 is 17.7 Å². The van der Waals surface area contributed by atoms with Gasteiger partial charge < -0.3 is 15.8 Å². The molecular formula is C10H22N2O2S. The van der Waals surface area contributed by atoms with Crippen LogP contribution in [-0.4, -0.2) is 43.7 Å². The molecule has 0 aliphatic carbocycles. The van der Waals surface area contributed by atoms with E-state index in [2.05, 4.69) is 11.6 Å². The standard InChI is InChI=1S/C10H22N2O2S/c1-8(4-5-15-3)12-10(13)6-9(7-11)14-2/h8-9H,4-7,11H2,1-3H3,(H,12,13). The third-order valence-corrected chi connectivity index (χ3v) is 2.82. The lowest BCUT2D eigenvalue weighted by molar-refractivity contribution is -0.124. The van der Waals surface area contributed by atoms with Crippen molar-refractivity contribution < 1.29 is 9.53 Å². The van der Waals surface area contributed by atoms with Gasteiger partial charge in [0.15, 0.2) is 0 Å². The minimum absolute atomic E-state index is 0.0147. The highest BCUT2D eigenvalue weighted by Gasteiger charge is 2.13. The molecule has 0 spiro atoms. The number of nitrogens with two attached hydrogens (primary N) is 1. The molecule has 3 N–H and O–H groups in total. The lowest BCUT2D eigenvalue weighted by Crippen LogP contribution is -2.37. The van der Waals surface area contributed by atoms with E-state index >= 15 is 0 Å². The van der Waals surface area contributed by atoms with Crippen molar-refractivity contribution in [1.29, 1.82) is 0 Å². The predicted molar refractivity (Wildman–Crippen MR) is 65.1 cm³/mol. The molecule has 0 radical (unpaired) electrons. The summed E-state index contributed by atoms with van der Waals surface area (Å²) in [6.07, 6.45) is 3.23. The van der Waals surface area contributed by atoms with Gasteiger partial charge in [0.2, 0.25) is 5.91 Å². The molecule has 0 aromatic heterocycles. The average molecular weight is 234 g/mol. The molecule has 0 aromatic carbocycles. The summed E-state index contributed by atoms with van der Waals surface area (Å²) in [6, 6.07) is 0.222. The monoisotopic (exact) mass is 234 g/mol. The molecule has 0 rings (SSSR count). The second-order valence-electron chi connectivity index (χ2n) is 3.55. The number of rotatable bonds is 8. The Kier molecular flexibility index (Phi) is 8.85. The van der Waals surface area contributed by atoms with Crippen LogP contribution in [0.2, 0.25) is 0 Å².